The molecule has 0 aromatic rings. The highest BCUT2D eigenvalue weighted by Crippen LogP contribution is 2.18. The fraction of sp³-hybridized carbons (Fsp3) is 0.889. The average molecular weight is 235 g/mol. The quantitative estimate of drug-likeness (QED) is 0.312. The molecule has 94 valence electrons. The highest BCUT2D eigenvalue weighted by molar-refractivity contribution is 5.66. The van der Waals surface area contributed by atoms with Crippen molar-refractivity contribution in [3.8, 4) is 0 Å². The summed E-state index contributed by atoms with van der Waals surface area (Å²) in [7, 11) is 0. The van der Waals surface area contributed by atoms with Crippen LogP contribution in [0, 0.1) is 0 Å². The molecule has 16 heavy (non-hydrogen) atoms. The second-order valence-corrected chi connectivity index (χ2v) is 3.97. The predicted octanol–water partition coefficient (Wildman–Crippen LogP) is -2.73. The Morgan fingerprint density at radius 1 is 1.06 bits per heavy atom. The molecule has 1 saturated heterocycles. The van der Waals surface area contributed by atoms with Gasteiger partial charge in [-0.3, -0.25) is 4.79 Å². The summed E-state index contributed by atoms with van der Waals surface area (Å²) >= 11 is 0. The highest BCUT2D eigenvalue weighted by atomic mass is 16.4. The number of hydrogen-bond acceptors (Lipinski definition) is 6. The van der Waals surface area contributed by atoms with E-state index in [0.717, 1.165) is 0 Å². The van der Waals surface area contributed by atoms with Crippen LogP contribution in [0.3, 0.4) is 0 Å². The van der Waals surface area contributed by atoms with Crippen molar-refractivity contribution >= 4 is 5.97 Å². The summed E-state index contributed by atoms with van der Waals surface area (Å²) in [5.41, 5.74) is 0. The normalized spacial score (nSPS) is 39.6. The van der Waals surface area contributed by atoms with E-state index in [1.54, 1.807) is 0 Å². The Kier molecular flexibility index (Phi) is 4.63. The standard InChI is InChI=1S/C9H17NO6/c11-3-5-8(15)9(16)7(14)4(10-5)1-2-6(12)13/h4-5,7-11,14-16H,1-3H2,(H,12,13)/t4-,5-,7+,8+,9-/m1/s1. The molecule has 1 fully saturated rings. The van der Waals surface area contributed by atoms with Crippen LogP contribution in [0.15, 0.2) is 0 Å². The van der Waals surface area contributed by atoms with E-state index in [9.17, 15) is 20.1 Å². The number of carboxylic acid groups (broad SMARTS) is 1. The number of carboxylic acids is 1. The van der Waals surface area contributed by atoms with Crippen LogP contribution in [-0.2, 0) is 4.79 Å². The van der Waals surface area contributed by atoms with Crippen molar-refractivity contribution in [3.63, 3.8) is 0 Å². The minimum absolute atomic E-state index is 0.122. The fourth-order valence-electron chi connectivity index (χ4n) is 1.84. The molecule has 6 N–H and O–H groups in total. The van der Waals surface area contributed by atoms with Gasteiger partial charge in [-0.05, 0) is 6.42 Å². The van der Waals surface area contributed by atoms with E-state index in [4.69, 9.17) is 10.2 Å². The zero-order valence-electron chi connectivity index (χ0n) is 8.65. The van der Waals surface area contributed by atoms with Crippen molar-refractivity contribution in [3.05, 3.63) is 0 Å². The lowest BCUT2D eigenvalue weighted by Crippen LogP contribution is -2.65. The molecule has 7 nitrogen and oxygen atoms in total. The molecule has 5 atom stereocenters. The van der Waals surface area contributed by atoms with E-state index in [-0.39, 0.29) is 12.8 Å². The predicted molar refractivity (Wildman–Crippen MR) is 52.7 cm³/mol. The molecule has 0 spiro atoms. The van der Waals surface area contributed by atoms with E-state index in [1.807, 2.05) is 0 Å². The van der Waals surface area contributed by atoms with Crippen LogP contribution in [-0.4, -0.2) is 68.5 Å². The molecule has 0 aromatic heterocycles. The van der Waals surface area contributed by atoms with Crippen LogP contribution in [0.4, 0.5) is 0 Å². The van der Waals surface area contributed by atoms with E-state index < -0.39 is 43.0 Å². The Morgan fingerprint density at radius 3 is 2.12 bits per heavy atom. The summed E-state index contributed by atoms with van der Waals surface area (Å²) in [5, 5.41) is 48.7. The second-order valence-electron chi connectivity index (χ2n) is 3.97. The number of nitrogens with one attached hydrogen (secondary N) is 1. The lowest BCUT2D eigenvalue weighted by molar-refractivity contribution is -0.139. The van der Waals surface area contributed by atoms with Gasteiger partial charge in [-0.1, -0.05) is 0 Å². The van der Waals surface area contributed by atoms with Gasteiger partial charge in [0, 0.05) is 12.5 Å². The van der Waals surface area contributed by atoms with Gasteiger partial charge >= 0.3 is 5.97 Å². The number of aliphatic hydroxyl groups excluding tert-OH is 4. The second kappa shape index (κ2) is 5.55. The third-order valence-electron chi connectivity index (χ3n) is 2.82. The first-order chi connectivity index (χ1) is 7.47. The summed E-state index contributed by atoms with van der Waals surface area (Å²) in [6.45, 7) is -0.394. The molecule has 7 heteroatoms. The molecule has 0 aromatic carbocycles. The molecule has 0 unspecified atom stereocenters. The van der Waals surface area contributed by atoms with Crippen molar-refractivity contribution in [1.82, 2.24) is 5.32 Å². The summed E-state index contributed by atoms with van der Waals surface area (Å²) in [6, 6.07) is -1.40. The van der Waals surface area contributed by atoms with Crippen LogP contribution < -0.4 is 5.32 Å². The van der Waals surface area contributed by atoms with Gasteiger partial charge in [0.2, 0.25) is 0 Å². The summed E-state index contributed by atoms with van der Waals surface area (Å²) < 4.78 is 0. The highest BCUT2D eigenvalue weighted by Gasteiger charge is 2.41. The Bertz CT molecular complexity index is 246. The van der Waals surface area contributed by atoms with E-state index in [1.165, 1.54) is 0 Å². The van der Waals surface area contributed by atoms with Gasteiger partial charge in [0.25, 0.3) is 0 Å². The molecule has 1 rings (SSSR count). The molecule has 1 heterocycles. The topological polar surface area (TPSA) is 130 Å². The number of piperidine rings is 1. The van der Waals surface area contributed by atoms with Gasteiger partial charge in [0.1, 0.15) is 6.10 Å². The number of aliphatic carboxylic acids is 1. The van der Waals surface area contributed by atoms with E-state index >= 15 is 0 Å². The van der Waals surface area contributed by atoms with Gasteiger partial charge in [-0.2, -0.15) is 0 Å². The van der Waals surface area contributed by atoms with Gasteiger partial charge in [-0.25, -0.2) is 0 Å². The Labute approximate surface area is 92.3 Å². The van der Waals surface area contributed by atoms with Gasteiger partial charge in [-0.15, -0.1) is 0 Å². The summed E-state index contributed by atoms with van der Waals surface area (Å²) in [6.07, 6.45) is -3.91. The van der Waals surface area contributed by atoms with E-state index in [0.29, 0.717) is 0 Å². The van der Waals surface area contributed by atoms with Crippen LogP contribution in [0.5, 0.6) is 0 Å². The first-order valence-corrected chi connectivity index (χ1v) is 5.10. The van der Waals surface area contributed by atoms with Crippen LogP contribution >= 0.6 is 0 Å². The average Bonchev–Trinajstić information content (AvgIpc) is 2.25. The van der Waals surface area contributed by atoms with Crippen molar-refractivity contribution in [2.24, 2.45) is 0 Å². The zero-order chi connectivity index (χ0) is 12.3. The molecule has 0 radical (unpaired) electrons. The van der Waals surface area contributed by atoms with Crippen molar-refractivity contribution in [2.75, 3.05) is 6.61 Å². The molecule has 1 aliphatic rings. The number of hydrogen-bond donors (Lipinski definition) is 6. The molecule has 0 bridgehead atoms. The molecular weight excluding hydrogens is 218 g/mol. The number of aliphatic hydroxyl groups is 4. The SMILES string of the molecule is O=C(O)CC[C@H]1N[C@H](CO)[C@H](O)[C@H](O)[C@H]1O. The molecule has 1 aliphatic heterocycles. The largest absolute Gasteiger partial charge is 0.481 e. The summed E-state index contributed by atoms with van der Waals surface area (Å²) in [5.74, 6) is -1.00. The third kappa shape index (κ3) is 2.89. The molecule has 0 aliphatic carbocycles. The smallest absolute Gasteiger partial charge is 0.303 e. The number of rotatable bonds is 4. The van der Waals surface area contributed by atoms with Crippen molar-refractivity contribution in [2.45, 2.75) is 43.2 Å². The van der Waals surface area contributed by atoms with Gasteiger partial charge in [0.05, 0.1) is 24.9 Å². The maximum Gasteiger partial charge on any atom is 0.303 e. The van der Waals surface area contributed by atoms with Gasteiger partial charge < -0.3 is 30.8 Å². The fourth-order valence-corrected chi connectivity index (χ4v) is 1.84. The Balaban J connectivity index is 2.60. The minimum atomic E-state index is -1.38. The van der Waals surface area contributed by atoms with Crippen LogP contribution in [0.25, 0.3) is 0 Å². The summed E-state index contributed by atoms with van der Waals surface area (Å²) in [4.78, 5) is 10.4. The zero-order valence-corrected chi connectivity index (χ0v) is 8.65. The molecular formula is C9H17NO6. The Hall–Kier alpha value is -0.730. The number of carbonyl (C=O) groups is 1. The maximum absolute atomic E-state index is 10.4. The van der Waals surface area contributed by atoms with Crippen molar-refractivity contribution in [1.29, 1.82) is 0 Å². The lowest BCUT2D eigenvalue weighted by atomic mass is 9.88. The third-order valence-corrected chi connectivity index (χ3v) is 2.82. The van der Waals surface area contributed by atoms with Crippen LogP contribution in [0.1, 0.15) is 12.8 Å². The molecule has 0 saturated carbocycles. The maximum atomic E-state index is 10.4. The van der Waals surface area contributed by atoms with Crippen LogP contribution in [0.2, 0.25) is 0 Å². The monoisotopic (exact) mass is 235 g/mol. The van der Waals surface area contributed by atoms with E-state index in [2.05, 4.69) is 5.32 Å². The van der Waals surface area contributed by atoms with Gasteiger partial charge in [0.15, 0.2) is 0 Å². The first-order valence-electron chi connectivity index (χ1n) is 5.10. The lowest BCUT2D eigenvalue weighted by Gasteiger charge is -2.41. The minimum Gasteiger partial charge on any atom is -0.481 e. The molecule has 0 amide bonds. The van der Waals surface area contributed by atoms with Crippen molar-refractivity contribution < 1.29 is 30.3 Å². The Morgan fingerprint density at radius 2 is 1.62 bits per heavy atom. The first kappa shape index (κ1) is 13.3.